The maximum Gasteiger partial charge on any atom is 0.343 e. The van der Waals surface area contributed by atoms with Gasteiger partial charge in [-0.15, -0.1) is 0 Å². The Balaban J connectivity index is 2.32. The Morgan fingerprint density at radius 1 is 1.55 bits per heavy atom. The number of aromatic nitrogens is 2. The van der Waals surface area contributed by atoms with Crippen LogP contribution in [-0.4, -0.2) is 25.6 Å². The summed E-state index contributed by atoms with van der Waals surface area (Å²) in [5.41, 5.74) is -0.255. The van der Waals surface area contributed by atoms with Crippen molar-refractivity contribution in [2.45, 2.75) is 10.9 Å². The van der Waals surface area contributed by atoms with Gasteiger partial charge in [0.15, 0.2) is 5.16 Å². The van der Waals surface area contributed by atoms with E-state index in [1.807, 2.05) is 7.05 Å². The van der Waals surface area contributed by atoms with Gasteiger partial charge in [0.2, 0.25) is 0 Å². The van der Waals surface area contributed by atoms with Crippen molar-refractivity contribution in [1.29, 1.82) is 0 Å². The largest absolute Gasteiger partial charge is 0.477 e. The second-order valence-corrected chi connectivity index (χ2v) is 4.93. The molecule has 8 heteroatoms. The second-order valence-electron chi connectivity index (χ2n) is 3.98. The Morgan fingerprint density at radius 3 is 2.85 bits per heavy atom. The molecule has 0 aliphatic carbocycles. The summed E-state index contributed by atoms with van der Waals surface area (Å²) in [7, 11) is 1.82. The van der Waals surface area contributed by atoms with E-state index in [0.29, 0.717) is 16.5 Å². The minimum Gasteiger partial charge on any atom is -0.477 e. The number of nitro benzene ring substituents is 1. The third-order valence-corrected chi connectivity index (χ3v) is 3.78. The summed E-state index contributed by atoms with van der Waals surface area (Å²) in [5, 5.41) is 20.8. The molecule has 2 aromatic rings. The van der Waals surface area contributed by atoms with Crippen LogP contribution in [0, 0.1) is 10.1 Å². The Morgan fingerprint density at radius 2 is 2.30 bits per heavy atom. The molecule has 0 aliphatic heterocycles. The number of carboxylic acids is 1. The predicted molar refractivity (Wildman–Crippen MR) is 72.8 cm³/mol. The molecule has 7 nitrogen and oxygen atoms in total. The highest BCUT2D eigenvalue weighted by Gasteiger charge is 2.23. The van der Waals surface area contributed by atoms with Crippen molar-refractivity contribution in [2.24, 2.45) is 7.05 Å². The second kappa shape index (κ2) is 5.74. The first-order valence-electron chi connectivity index (χ1n) is 5.60. The standard InChI is InChI=1S/C12H11N3O4S/c1-14-6-5-13-12(14)20-7-8-3-2-4-9(15(18)19)10(8)11(16)17/h2-6H,7H2,1H3,(H,16,17). The zero-order valence-corrected chi connectivity index (χ0v) is 11.3. The number of nitrogens with zero attached hydrogens (tertiary/aromatic N) is 3. The first kappa shape index (κ1) is 14.1. The topological polar surface area (TPSA) is 98.3 Å². The lowest BCUT2D eigenvalue weighted by molar-refractivity contribution is -0.385. The monoisotopic (exact) mass is 293 g/mol. The van der Waals surface area contributed by atoms with Crippen molar-refractivity contribution in [3.05, 3.63) is 51.8 Å². The summed E-state index contributed by atoms with van der Waals surface area (Å²) in [6.45, 7) is 0. The third kappa shape index (κ3) is 2.80. The fraction of sp³-hybridized carbons (Fsp3) is 0.167. The number of thioether (sulfide) groups is 1. The number of hydrogen-bond acceptors (Lipinski definition) is 5. The van der Waals surface area contributed by atoms with E-state index in [2.05, 4.69) is 4.98 Å². The van der Waals surface area contributed by atoms with E-state index >= 15 is 0 Å². The van der Waals surface area contributed by atoms with Gasteiger partial charge in [-0.1, -0.05) is 23.9 Å². The van der Waals surface area contributed by atoms with Crippen molar-refractivity contribution >= 4 is 23.4 Å². The molecule has 0 radical (unpaired) electrons. The highest BCUT2D eigenvalue weighted by Crippen LogP contribution is 2.28. The lowest BCUT2D eigenvalue weighted by atomic mass is 10.1. The minimum absolute atomic E-state index is 0.265. The lowest BCUT2D eigenvalue weighted by Gasteiger charge is -2.06. The van der Waals surface area contributed by atoms with Crippen LogP contribution in [0.15, 0.2) is 35.7 Å². The number of nitro groups is 1. The van der Waals surface area contributed by atoms with E-state index in [1.54, 1.807) is 23.0 Å². The molecule has 0 unspecified atom stereocenters. The summed E-state index contributed by atoms with van der Waals surface area (Å²) < 4.78 is 1.79. The van der Waals surface area contributed by atoms with E-state index in [9.17, 15) is 20.0 Å². The number of aromatic carboxylic acids is 1. The summed E-state index contributed by atoms with van der Waals surface area (Å²) in [5.74, 6) is -0.999. The molecule has 0 saturated carbocycles. The van der Waals surface area contributed by atoms with Crippen molar-refractivity contribution in [2.75, 3.05) is 0 Å². The molecule has 2 rings (SSSR count). The van der Waals surface area contributed by atoms with Gasteiger partial charge in [-0.05, 0) is 5.56 Å². The van der Waals surface area contributed by atoms with Crippen LogP contribution in [0.2, 0.25) is 0 Å². The molecule has 1 N–H and O–H groups in total. The number of carboxylic acid groups (broad SMARTS) is 1. The molecule has 1 heterocycles. The molecule has 0 bridgehead atoms. The third-order valence-electron chi connectivity index (χ3n) is 2.67. The lowest BCUT2D eigenvalue weighted by Crippen LogP contribution is -2.06. The molecular weight excluding hydrogens is 282 g/mol. The van der Waals surface area contributed by atoms with Gasteiger partial charge in [-0.25, -0.2) is 9.78 Å². The maximum atomic E-state index is 11.2. The summed E-state index contributed by atoms with van der Waals surface area (Å²) in [6, 6.07) is 4.25. The van der Waals surface area contributed by atoms with Gasteiger partial charge in [0.1, 0.15) is 5.56 Å². The molecule has 0 amide bonds. The molecule has 0 aliphatic rings. The number of imidazole rings is 1. The van der Waals surface area contributed by atoms with Crippen LogP contribution in [0.5, 0.6) is 0 Å². The van der Waals surface area contributed by atoms with Crippen LogP contribution < -0.4 is 0 Å². The average Bonchev–Trinajstić information content (AvgIpc) is 2.81. The van der Waals surface area contributed by atoms with E-state index < -0.39 is 16.6 Å². The summed E-state index contributed by atoms with van der Waals surface area (Å²) >= 11 is 1.32. The molecule has 1 aromatic heterocycles. The van der Waals surface area contributed by atoms with E-state index in [1.165, 1.54) is 23.9 Å². The predicted octanol–water partition coefficient (Wildman–Crippen LogP) is 2.32. The molecule has 20 heavy (non-hydrogen) atoms. The van der Waals surface area contributed by atoms with Crippen LogP contribution in [-0.2, 0) is 12.8 Å². The normalized spacial score (nSPS) is 10.4. The van der Waals surface area contributed by atoms with Crippen LogP contribution >= 0.6 is 11.8 Å². The molecule has 0 fully saturated rings. The molecule has 0 atom stereocenters. The maximum absolute atomic E-state index is 11.2. The molecule has 0 saturated heterocycles. The SMILES string of the molecule is Cn1ccnc1SCc1cccc([N+](=O)[O-])c1C(=O)O. The van der Waals surface area contributed by atoms with Gasteiger partial charge in [0.05, 0.1) is 4.92 Å². The van der Waals surface area contributed by atoms with E-state index in [0.717, 1.165) is 0 Å². The van der Waals surface area contributed by atoms with Gasteiger partial charge in [0.25, 0.3) is 5.69 Å². The van der Waals surface area contributed by atoms with E-state index in [-0.39, 0.29) is 5.56 Å². The van der Waals surface area contributed by atoms with Gasteiger partial charge in [-0.3, -0.25) is 10.1 Å². The Bertz CT molecular complexity index is 668. The molecule has 0 spiro atoms. The van der Waals surface area contributed by atoms with Gasteiger partial charge >= 0.3 is 5.97 Å². The highest BCUT2D eigenvalue weighted by molar-refractivity contribution is 7.98. The van der Waals surface area contributed by atoms with Crippen molar-refractivity contribution in [3.8, 4) is 0 Å². The van der Waals surface area contributed by atoms with Crippen LogP contribution in [0.3, 0.4) is 0 Å². The number of aryl methyl sites for hydroxylation is 1. The Kier molecular flexibility index (Phi) is 4.04. The minimum atomic E-state index is -1.30. The molecular formula is C12H11N3O4S. The molecule has 104 valence electrons. The first-order chi connectivity index (χ1) is 9.50. The van der Waals surface area contributed by atoms with Gasteiger partial charge in [0, 0.05) is 31.3 Å². The molecule has 1 aromatic carbocycles. The summed E-state index contributed by atoms with van der Waals surface area (Å²) in [6.07, 6.45) is 3.40. The Hall–Kier alpha value is -2.35. The Labute approximate surface area is 118 Å². The number of carbonyl (C=O) groups is 1. The zero-order chi connectivity index (χ0) is 14.7. The van der Waals surface area contributed by atoms with Crippen LogP contribution in [0.25, 0.3) is 0 Å². The van der Waals surface area contributed by atoms with Crippen LogP contribution in [0.1, 0.15) is 15.9 Å². The first-order valence-corrected chi connectivity index (χ1v) is 6.59. The zero-order valence-electron chi connectivity index (χ0n) is 10.5. The smallest absolute Gasteiger partial charge is 0.343 e. The van der Waals surface area contributed by atoms with Crippen molar-refractivity contribution in [1.82, 2.24) is 9.55 Å². The van der Waals surface area contributed by atoms with E-state index in [4.69, 9.17) is 0 Å². The quantitative estimate of drug-likeness (QED) is 0.516. The number of benzene rings is 1. The van der Waals surface area contributed by atoms with Crippen LogP contribution in [0.4, 0.5) is 5.69 Å². The number of hydrogen-bond donors (Lipinski definition) is 1. The van der Waals surface area contributed by atoms with Gasteiger partial charge < -0.3 is 9.67 Å². The average molecular weight is 293 g/mol. The fourth-order valence-corrected chi connectivity index (χ4v) is 2.66. The van der Waals surface area contributed by atoms with Gasteiger partial charge in [-0.2, -0.15) is 0 Å². The fourth-order valence-electron chi connectivity index (χ4n) is 1.74. The number of rotatable bonds is 5. The van der Waals surface area contributed by atoms with Crippen molar-refractivity contribution < 1.29 is 14.8 Å². The summed E-state index contributed by atoms with van der Waals surface area (Å²) in [4.78, 5) is 25.6. The van der Waals surface area contributed by atoms with Crippen molar-refractivity contribution in [3.63, 3.8) is 0 Å². The highest BCUT2D eigenvalue weighted by atomic mass is 32.2.